The second-order valence-corrected chi connectivity index (χ2v) is 6.95. The third kappa shape index (κ3) is 4.47. The number of amides is 1. The van der Waals surface area contributed by atoms with Crippen molar-refractivity contribution in [2.24, 2.45) is 0 Å². The summed E-state index contributed by atoms with van der Waals surface area (Å²) in [6.45, 7) is 2.02. The van der Waals surface area contributed by atoms with Crippen molar-refractivity contribution in [2.45, 2.75) is 37.6 Å². The van der Waals surface area contributed by atoms with Crippen molar-refractivity contribution in [3.05, 3.63) is 41.6 Å². The molecule has 1 aliphatic rings. The number of halogens is 3. The highest BCUT2D eigenvalue weighted by atomic mass is 19.4. The van der Waals surface area contributed by atoms with Gasteiger partial charge in [-0.15, -0.1) is 0 Å². The average Bonchev–Trinajstić information content (AvgIpc) is 3.10. The topological polar surface area (TPSA) is 77.4 Å². The van der Waals surface area contributed by atoms with Crippen LogP contribution in [0.2, 0.25) is 0 Å². The van der Waals surface area contributed by atoms with Crippen LogP contribution in [0.3, 0.4) is 0 Å². The van der Waals surface area contributed by atoms with Gasteiger partial charge in [-0.2, -0.15) is 18.3 Å². The Morgan fingerprint density at radius 3 is 2.83 bits per heavy atom. The van der Waals surface area contributed by atoms with E-state index in [9.17, 15) is 18.0 Å². The molecule has 10 heteroatoms. The number of carbonyl (C=O) groups is 1. The molecule has 29 heavy (non-hydrogen) atoms. The smallest absolute Gasteiger partial charge is 0.410 e. The minimum atomic E-state index is -4.52. The van der Waals surface area contributed by atoms with Crippen LogP contribution < -0.4 is 15.4 Å². The third-order valence-electron chi connectivity index (χ3n) is 4.77. The summed E-state index contributed by atoms with van der Waals surface area (Å²) >= 11 is 0. The van der Waals surface area contributed by atoms with Crippen LogP contribution in [0.15, 0.2) is 30.5 Å². The highest BCUT2D eigenvalue weighted by Crippen LogP contribution is 2.44. The molecule has 1 amide bonds. The molecular formula is C19H23F3N4O3. The molecule has 7 nitrogen and oxygen atoms in total. The number of carbonyl (C=O) groups excluding carboxylic acids is 1. The quantitative estimate of drug-likeness (QED) is 0.761. The number of ether oxygens (including phenoxy) is 2. The van der Waals surface area contributed by atoms with Gasteiger partial charge in [0.1, 0.15) is 17.1 Å². The van der Waals surface area contributed by atoms with Gasteiger partial charge in [-0.25, -0.2) is 4.68 Å². The Balaban J connectivity index is 1.96. The van der Waals surface area contributed by atoms with E-state index < -0.39 is 24.2 Å². The minimum absolute atomic E-state index is 0.0357. The molecule has 2 heterocycles. The zero-order valence-corrected chi connectivity index (χ0v) is 16.3. The SMILES string of the molecule is COCC(C)NC(=O)c1cnn2c1N[C@@H](c1cccc(OC)c1)C[C@H]2C(F)(F)F. The number of methoxy groups -OCH3 is 2. The molecule has 3 atom stereocenters. The minimum Gasteiger partial charge on any atom is -0.497 e. The lowest BCUT2D eigenvalue weighted by atomic mass is 9.96. The van der Waals surface area contributed by atoms with E-state index in [2.05, 4.69) is 15.7 Å². The lowest BCUT2D eigenvalue weighted by Crippen LogP contribution is -2.38. The summed E-state index contributed by atoms with van der Waals surface area (Å²) < 4.78 is 52.2. The van der Waals surface area contributed by atoms with Crippen LogP contribution in [0.1, 0.15) is 41.3 Å². The Labute approximate surface area is 166 Å². The zero-order chi connectivity index (χ0) is 21.2. The number of anilines is 1. The number of rotatable bonds is 6. The molecule has 0 bridgehead atoms. The zero-order valence-electron chi connectivity index (χ0n) is 16.3. The second-order valence-electron chi connectivity index (χ2n) is 6.95. The molecule has 158 valence electrons. The fourth-order valence-electron chi connectivity index (χ4n) is 3.40. The van der Waals surface area contributed by atoms with Crippen LogP contribution in [-0.4, -0.2) is 48.7 Å². The summed E-state index contributed by atoms with van der Waals surface area (Å²) in [5.74, 6) is 0.0577. The molecule has 0 saturated heterocycles. The van der Waals surface area contributed by atoms with Crippen molar-refractivity contribution >= 4 is 11.7 Å². The average molecular weight is 412 g/mol. The monoisotopic (exact) mass is 412 g/mol. The van der Waals surface area contributed by atoms with E-state index in [0.29, 0.717) is 11.3 Å². The summed E-state index contributed by atoms with van der Waals surface area (Å²) in [6.07, 6.45) is -3.62. The summed E-state index contributed by atoms with van der Waals surface area (Å²) in [5, 5.41) is 9.61. The van der Waals surface area contributed by atoms with Gasteiger partial charge in [0.15, 0.2) is 6.04 Å². The Morgan fingerprint density at radius 2 is 2.17 bits per heavy atom. The Morgan fingerprint density at radius 1 is 1.41 bits per heavy atom. The molecule has 3 rings (SSSR count). The van der Waals surface area contributed by atoms with Crippen molar-refractivity contribution in [3.8, 4) is 5.75 Å². The maximum Gasteiger partial charge on any atom is 0.410 e. The predicted octanol–water partition coefficient (Wildman–Crippen LogP) is 3.32. The van der Waals surface area contributed by atoms with Gasteiger partial charge in [-0.05, 0) is 24.6 Å². The maximum atomic E-state index is 13.7. The highest BCUT2D eigenvalue weighted by molar-refractivity contribution is 5.99. The van der Waals surface area contributed by atoms with Crippen molar-refractivity contribution in [1.82, 2.24) is 15.1 Å². The number of fused-ring (bicyclic) bond motifs is 1. The molecule has 2 aromatic rings. The number of nitrogens with zero attached hydrogens (tertiary/aromatic N) is 2. The van der Waals surface area contributed by atoms with Crippen LogP contribution in [0, 0.1) is 0 Å². The van der Waals surface area contributed by atoms with E-state index in [-0.39, 0.29) is 30.5 Å². The number of benzene rings is 1. The van der Waals surface area contributed by atoms with E-state index >= 15 is 0 Å². The molecule has 1 aromatic heterocycles. The Hall–Kier alpha value is -2.75. The first kappa shape index (κ1) is 21.0. The maximum absolute atomic E-state index is 13.7. The molecule has 1 aromatic carbocycles. The Bertz CT molecular complexity index is 869. The highest BCUT2D eigenvalue weighted by Gasteiger charge is 2.47. The molecule has 1 aliphatic heterocycles. The largest absolute Gasteiger partial charge is 0.497 e. The van der Waals surface area contributed by atoms with Gasteiger partial charge >= 0.3 is 6.18 Å². The van der Waals surface area contributed by atoms with Gasteiger partial charge in [-0.1, -0.05) is 12.1 Å². The van der Waals surface area contributed by atoms with Gasteiger partial charge in [0.05, 0.1) is 26.0 Å². The van der Waals surface area contributed by atoms with E-state index in [0.717, 1.165) is 10.9 Å². The summed E-state index contributed by atoms with van der Waals surface area (Å²) in [6, 6.07) is 4.01. The van der Waals surface area contributed by atoms with E-state index in [1.54, 1.807) is 31.2 Å². The first-order valence-corrected chi connectivity index (χ1v) is 9.09. The van der Waals surface area contributed by atoms with Gasteiger partial charge in [0, 0.05) is 19.6 Å². The second kappa shape index (κ2) is 8.32. The van der Waals surface area contributed by atoms with Crippen LogP contribution >= 0.6 is 0 Å². The molecular weight excluding hydrogens is 389 g/mol. The molecule has 0 saturated carbocycles. The van der Waals surface area contributed by atoms with Gasteiger partial charge in [0.2, 0.25) is 0 Å². The van der Waals surface area contributed by atoms with Crippen LogP contribution in [0.25, 0.3) is 0 Å². The Kier molecular flexibility index (Phi) is 6.02. The van der Waals surface area contributed by atoms with Crippen molar-refractivity contribution < 1.29 is 27.4 Å². The van der Waals surface area contributed by atoms with Crippen molar-refractivity contribution in [3.63, 3.8) is 0 Å². The number of nitrogens with one attached hydrogen (secondary N) is 2. The predicted molar refractivity (Wildman–Crippen MR) is 100 cm³/mol. The molecule has 0 fully saturated rings. The van der Waals surface area contributed by atoms with Gasteiger partial charge in [-0.3, -0.25) is 4.79 Å². The molecule has 1 unspecified atom stereocenters. The van der Waals surface area contributed by atoms with Crippen molar-refractivity contribution in [1.29, 1.82) is 0 Å². The fourth-order valence-corrected chi connectivity index (χ4v) is 3.40. The number of aromatic nitrogens is 2. The summed E-state index contributed by atoms with van der Waals surface area (Å²) in [4.78, 5) is 12.6. The van der Waals surface area contributed by atoms with Gasteiger partial charge in [0.25, 0.3) is 5.91 Å². The summed E-state index contributed by atoms with van der Waals surface area (Å²) in [7, 11) is 2.99. The van der Waals surface area contributed by atoms with Crippen LogP contribution in [-0.2, 0) is 4.74 Å². The first-order chi connectivity index (χ1) is 13.7. The van der Waals surface area contributed by atoms with Gasteiger partial charge < -0.3 is 20.1 Å². The standard InChI is InChI=1S/C19H23F3N4O3/c1-11(10-28-2)24-18(27)14-9-23-26-16(19(20,21)22)8-15(25-17(14)26)12-5-4-6-13(7-12)29-3/h4-7,9,11,15-16,25H,8,10H2,1-3H3,(H,24,27)/t11?,15-,16+/m1/s1. The number of hydrogen-bond donors (Lipinski definition) is 2. The molecule has 2 N–H and O–H groups in total. The lowest BCUT2D eigenvalue weighted by Gasteiger charge is -2.34. The first-order valence-electron chi connectivity index (χ1n) is 9.09. The fraction of sp³-hybridized carbons (Fsp3) is 0.474. The van der Waals surface area contributed by atoms with Crippen molar-refractivity contribution in [2.75, 3.05) is 26.1 Å². The number of alkyl halides is 3. The van der Waals surface area contributed by atoms with Crippen LogP contribution in [0.5, 0.6) is 5.75 Å². The normalized spacial score (nSPS) is 19.8. The lowest BCUT2D eigenvalue weighted by molar-refractivity contribution is -0.173. The number of hydrogen-bond acceptors (Lipinski definition) is 5. The molecule has 0 aliphatic carbocycles. The molecule has 0 radical (unpaired) electrons. The van der Waals surface area contributed by atoms with Crippen LogP contribution in [0.4, 0.5) is 19.0 Å². The molecule has 0 spiro atoms. The third-order valence-corrected chi connectivity index (χ3v) is 4.77. The van der Waals surface area contributed by atoms with E-state index in [4.69, 9.17) is 9.47 Å². The van der Waals surface area contributed by atoms with E-state index in [1.807, 2.05) is 0 Å². The van der Waals surface area contributed by atoms with E-state index in [1.165, 1.54) is 14.2 Å². The summed E-state index contributed by atoms with van der Waals surface area (Å²) in [5.41, 5.74) is 0.681.